The Hall–Kier alpha value is -2.93. The molecule has 6 nitrogen and oxygen atoms in total. The van der Waals surface area contributed by atoms with Gasteiger partial charge in [0, 0.05) is 12.4 Å². The minimum absolute atomic E-state index is 0.0921. The van der Waals surface area contributed by atoms with Crippen LogP contribution < -0.4 is 5.32 Å². The molecule has 0 bridgehead atoms. The zero-order chi connectivity index (χ0) is 17.1. The maximum atomic E-state index is 12.1. The number of carboxylic acids is 1. The molecule has 0 radical (unpaired) electrons. The highest BCUT2D eigenvalue weighted by atomic mass is 32.2. The summed E-state index contributed by atoms with van der Waals surface area (Å²) in [5.74, 6) is -1.32. The summed E-state index contributed by atoms with van der Waals surface area (Å²) in [4.78, 5) is 32.1. The van der Waals surface area contributed by atoms with Crippen molar-refractivity contribution >= 4 is 40.6 Å². The number of rotatable bonds is 3. The van der Waals surface area contributed by atoms with E-state index in [0.29, 0.717) is 15.8 Å². The molecule has 0 spiro atoms. The monoisotopic (exact) mass is 339 g/mol. The van der Waals surface area contributed by atoms with Gasteiger partial charge < -0.3 is 10.4 Å². The highest BCUT2D eigenvalue weighted by Crippen LogP contribution is 2.29. The zero-order valence-corrected chi connectivity index (χ0v) is 13.5. The molecule has 0 aliphatic carbocycles. The third-order valence-corrected chi connectivity index (χ3v) is 4.17. The first-order valence-corrected chi connectivity index (χ1v) is 7.88. The number of carboxylic acid groups (broad SMARTS) is 1. The van der Waals surface area contributed by atoms with E-state index in [4.69, 9.17) is 0 Å². The fourth-order valence-electron chi connectivity index (χ4n) is 2.12. The van der Waals surface area contributed by atoms with Crippen molar-refractivity contribution in [1.82, 2.24) is 10.3 Å². The summed E-state index contributed by atoms with van der Waals surface area (Å²) in [6.07, 6.45) is 5.02. The number of nitrogens with zero attached hydrogens (tertiary/aromatic N) is 2. The van der Waals surface area contributed by atoms with Crippen molar-refractivity contribution in [1.29, 1.82) is 0 Å². The Morgan fingerprint density at radius 3 is 2.75 bits per heavy atom. The van der Waals surface area contributed by atoms with E-state index in [1.165, 1.54) is 17.8 Å². The molecule has 1 aliphatic heterocycles. The van der Waals surface area contributed by atoms with Gasteiger partial charge in [-0.2, -0.15) is 0 Å². The first kappa shape index (κ1) is 15.9. The van der Waals surface area contributed by atoms with E-state index in [1.54, 1.807) is 42.7 Å². The summed E-state index contributed by atoms with van der Waals surface area (Å²) in [7, 11) is 0. The van der Waals surface area contributed by atoms with Crippen LogP contribution in [-0.2, 0) is 4.79 Å². The van der Waals surface area contributed by atoms with E-state index in [9.17, 15) is 14.7 Å². The number of pyridine rings is 1. The largest absolute Gasteiger partial charge is 0.478 e. The minimum atomic E-state index is -1.06. The van der Waals surface area contributed by atoms with Crippen molar-refractivity contribution in [2.75, 3.05) is 0 Å². The molecule has 2 N–H and O–H groups in total. The summed E-state index contributed by atoms with van der Waals surface area (Å²) in [6, 6.07) is 8.47. The molecule has 2 aromatic rings. The van der Waals surface area contributed by atoms with Gasteiger partial charge in [-0.05, 0) is 60.2 Å². The van der Waals surface area contributed by atoms with Crippen LogP contribution in [0.3, 0.4) is 0 Å². The van der Waals surface area contributed by atoms with E-state index >= 15 is 0 Å². The van der Waals surface area contributed by atoms with Gasteiger partial charge in [0.1, 0.15) is 0 Å². The maximum Gasteiger partial charge on any atom is 0.337 e. The van der Waals surface area contributed by atoms with Gasteiger partial charge in [0.05, 0.1) is 16.2 Å². The highest BCUT2D eigenvalue weighted by Gasteiger charge is 2.24. The van der Waals surface area contributed by atoms with Crippen molar-refractivity contribution in [3.63, 3.8) is 0 Å². The Morgan fingerprint density at radius 1 is 1.29 bits per heavy atom. The number of hydrogen-bond donors (Lipinski definition) is 2. The number of aryl methyl sites for hydroxylation is 1. The average molecular weight is 339 g/mol. The number of carbonyl (C=O) groups excluding carboxylic acids is 1. The Bertz CT molecular complexity index is 876. The Balaban J connectivity index is 1.91. The van der Waals surface area contributed by atoms with Crippen LogP contribution in [-0.4, -0.2) is 27.1 Å². The van der Waals surface area contributed by atoms with Gasteiger partial charge in [-0.3, -0.25) is 9.78 Å². The zero-order valence-electron chi connectivity index (χ0n) is 12.7. The predicted octanol–water partition coefficient (Wildman–Crippen LogP) is 2.98. The van der Waals surface area contributed by atoms with Crippen LogP contribution in [0.4, 0.5) is 5.69 Å². The van der Waals surface area contributed by atoms with Crippen LogP contribution in [0.5, 0.6) is 0 Å². The molecule has 1 aromatic carbocycles. The van der Waals surface area contributed by atoms with Crippen molar-refractivity contribution in [3.8, 4) is 0 Å². The molecule has 2 heterocycles. The van der Waals surface area contributed by atoms with E-state index in [-0.39, 0.29) is 11.5 Å². The molecule has 3 rings (SSSR count). The fraction of sp³-hybridized carbons (Fsp3) is 0.0588. The number of amidine groups is 1. The fourth-order valence-corrected chi connectivity index (χ4v) is 2.95. The smallest absolute Gasteiger partial charge is 0.337 e. The lowest BCUT2D eigenvalue weighted by Gasteiger charge is -2.03. The van der Waals surface area contributed by atoms with Gasteiger partial charge in [0.15, 0.2) is 5.17 Å². The molecule has 1 saturated heterocycles. The summed E-state index contributed by atoms with van der Waals surface area (Å²) < 4.78 is 0. The highest BCUT2D eigenvalue weighted by molar-refractivity contribution is 8.18. The lowest BCUT2D eigenvalue weighted by Crippen LogP contribution is -2.19. The number of hydrogen-bond acceptors (Lipinski definition) is 5. The van der Waals surface area contributed by atoms with Gasteiger partial charge in [0.2, 0.25) is 0 Å². The number of nitrogens with one attached hydrogen (secondary N) is 1. The Morgan fingerprint density at radius 2 is 2.04 bits per heavy atom. The molecule has 1 fully saturated rings. The summed E-state index contributed by atoms with van der Waals surface area (Å²) in [5, 5.41) is 12.3. The molecule has 0 saturated carbocycles. The van der Waals surface area contributed by atoms with Gasteiger partial charge in [-0.15, -0.1) is 0 Å². The first-order valence-electron chi connectivity index (χ1n) is 7.06. The number of benzene rings is 1. The number of thioether (sulfide) groups is 1. The second-order valence-electron chi connectivity index (χ2n) is 5.09. The predicted molar refractivity (Wildman–Crippen MR) is 93.2 cm³/mol. The van der Waals surface area contributed by atoms with Gasteiger partial charge in [0.25, 0.3) is 5.91 Å². The van der Waals surface area contributed by atoms with Crippen molar-refractivity contribution in [2.24, 2.45) is 4.99 Å². The van der Waals surface area contributed by atoms with E-state index in [2.05, 4.69) is 15.3 Å². The number of carbonyl (C=O) groups is 2. The van der Waals surface area contributed by atoms with E-state index in [0.717, 1.165) is 11.1 Å². The summed E-state index contributed by atoms with van der Waals surface area (Å²) in [5.41, 5.74) is 2.15. The lowest BCUT2D eigenvalue weighted by molar-refractivity contribution is -0.115. The SMILES string of the molecule is Cc1ccc(C(=O)O)c(N=C2NC(=O)/C(=C/c3ccncc3)S2)c1. The lowest BCUT2D eigenvalue weighted by atomic mass is 10.1. The molecule has 0 atom stereocenters. The Kier molecular flexibility index (Phi) is 4.43. The second kappa shape index (κ2) is 6.67. The normalized spacial score (nSPS) is 17.3. The third-order valence-electron chi connectivity index (χ3n) is 3.26. The molecule has 1 aromatic heterocycles. The summed E-state index contributed by atoms with van der Waals surface area (Å²) in [6.45, 7) is 1.85. The molecule has 1 amide bonds. The first-order chi connectivity index (χ1) is 11.5. The molecule has 1 aliphatic rings. The quantitative estimate of drug-likeness (QED) is 0.839. The van der Waals surface area contributed by atoms with Gasteiger partial charge in [-0.25, -0.2) is 9.79 Å². The maximum absolute atomic E-state index is 12.1. The van der Waals surface area contributed by atoms with Crippen LogP contribution in [0, 0.1) is 6.92 Å². The number of aromatic carboxylic acids is 1. The van der Waals surface area contributed by atoms with Crippen molar-refractivity contribution in [3.05, 3.63) is 64.3 Å². The second-order valence-corrected chi connectivity index (χ2v) is 6.12. The third kappa shape index (κ3) is 3.52. The van der Waals surface area contributed by atoms with Crippen LogP contribution in [0.1, 0.15) is 21.5 Å². The van der Waals surface area contributed by atoms with Crippen molar-refractivity contribution < 1.29 is 14.7 Å². The minimum Gasteiger partial charge on any atom is -0.478 e. The number of amides is 1. The standard InChI is InChI=1S/C17H13N3O3S/c1-10-2-3-12(16(22)23)13(8-10)19-17-20-15(21)14(24-17)9-11-4-6-18-7-5-11/h2-9H,1H3,(H,22,23)(H,19,20,21)/b14-9-. The topological polar surface area (TPSA) is 91.6 Å². The molecule has 24 heavy (non-hydrogen) atoms. The van der Waals surface area contributed by atoms with E-state index in [1.807, 2.05) is 6.92 Å². The summed E-state index contributed by atoms with van der Waals surface area (Å²) >= 11 is 1.17. The van der Waals surface area contributed by atoms with Crippen LogP contribution in [0.25, 0.3) is 6.08 Å². The van der Waals surface area contributed by atoms with Crippen molar-refractivity contribution in [2.45, 2.75) is 6.92 Å². The number of aromatic nitrogens is 1. The molecular weight excluding hydrogens is 326 g/mol. The molecule has 120 valence electrons. The van der Waals surface area contributed by atoms with Gasteiger partial charge in [-0.1, -0.05) is 6.07 Å². The van der Waals surface area contributed by atoms with Crippen LogP contribution in [0.2, 0.25) is 0 Å². The molecule has 7 heteroatoms. The number of aliphatic imine (C=N–C) groups is 1. The Labute approximate surface area is 142 Å². The van der Waals surface area contributed by atoms with Gasteiger partial charge >= 0.3 is 5.97 Å². The molecule has 0 unspecified atom stereocenters. The van der Waals surface area contributed by atoms with Crippen LogP contribution in [0.15, 0.2) is 52.6 Å². The van der Waals surface area contributed by atoms with Crippen LogP contribution >= 0.6 is 11.8 Å². The van der Waals surface area contributed by atoms with E-state index < -0.39 is 5.97 Å². The average Bonchev–Trinajstić information content (AvgIpc) is 2.87. The molecular formula is C17H13N3O3S.